The third kappa shape index (κ3) is 4.57. The highest BCUT2D eigenvalue weighted by Gasteiger charge is 2.38. The Labute approximate surface area is 145 Å². The lowest BCUT2D eigenvalue weighted by molar-refractivity contribution is 0.591. The maximum Gasteiger partial charge on any atom is 0.261 e. The van der Waals surface area contributed by atoms with Crippen LogP contribution in [0.15, 0.2) is 38.1 Å². The maximum absolute atomic E-state index is 13.5. The second-order valence-corrected chi connectivity index (χ2v) is 17.2. The smallest absolute Gasteiger partial charge is 0.261 e. The van der Waals surface area contributed by atoms with Crippen molar-refractivity contribution in [3.63, 3.8) is 0 Å². The van der Waals surface area contributed by atoms with Gasteiger partial charge in [0, 0.05) is 24.8 Å². The Morgan fingerprint density at radius 2 is 1.39 bits per heavy atom. The average molecular weight is 397 g/mol. The molecule has 0 saturated heterocycles. The van der Waals surface area contributed by atoms with Gasteiger partial charge in [0.25, 0.3) is 9.05 Å². The summed E-state index contributed by atoms with van der Waals surface area (Å²) in [5.41, 5.74) is 0. The number of halogens is 1. The van der Waals surface area contributed by atoms with E-state index in [0.29, 0.717) is 4.90 Å². The van der Waals surface area contributed by atoms with E-state index < -0.39 is 27.2 Å². The molecule has 132 valence electrons. The molecular weight excluding hydrogens is 372 g/mol. The highest BCUT2D eigenvalue weighted by Crippen LogP contribution is 2.38. The SMILES string of the molecule is CN(C)S(=O)(=N[Si](C)(C)C(C)(C)C)c1ccc(S(=O)(=O)Cl)cc1. The quantitative estimate of drug-likeness (QED) is 0.572. The van der Waals surface area contributed by atoms with Crippen molar-refractivity contribution in [2.24, 2.45) is 4.03 Å². The van der Waals surface area contributed by atoms with Crippen LogP contribution in [0.25, 0.3) is 0 Å². The Bertz CT molecular complexity index is 788. The van der Waals surface area contributed by atoms with E-state index >= 15 is 0 Å². The minimum atomic E-state index is -3.80. The molecule has 5 nitrogen and oxygen atoms in total. The predicted molar refractivity (Wildman–Crippen MR) is 99.2 cm³/mol. The molecule has 1 atom stereocenters. The summed E-state index contributed by atoms with van der Waals surface area (Å²) in [6.45, 7) is 10.5. The molecule has 1 rings (SSSR count). The average Bonchev–Trinajstić information content (AvgIpc) is 2.35. The van der Waals surface area contributed by atoms with Gasteiger partial charge in [0.2, 0.25) is 0 Å². The number of rotatable bonds is 4. The molecule has 0 aliphatic heterocycles. The summed E-state index contributed by atoms with van der Waals surface area (Å²) in [5, 5.41) is -0.0505. The first-order chi connectivity index (χ1) is 10.1. The van der Waals surface area contributed by atoms with Crippen molar-refractivity contribution in [1.82, 2.24) is 4.31 Å². The van der Waals surface area contributed by atoms with Gasteiger partial charge in [-0.3, -0.25) is 4.03 Å². The number of nitrogens with zero attached hydrogens (tertiary/aromatic N) is 2. The number of hydrogen-bond acceptors (Lipinski definition) is 4. The summed E-state index contributed by atoms with van der Waals surface area (Å²) >= 11 is 0. The lowest BCUT2D eigenvalue weighted by Crippen LogP contribution is -2.38. The second kappa shape index (κ2) is 6.48. The van der Waals surface area contributed by atoms with Crippen molar-refractivity contribution in [3.8, 4) is 0 Å². The molecule has 0 spiro atoms. The Morgan fingerprint density at radius 3 is 1.70 bits per heavy atom. The fraction of sp³-hybridized carbons (Fsp3) is 0.571. The lowest BCUT2D eigenvalue weighted by atomic mass is 10.2. The van der Waals surface area contributed by atoms with Crippen molar-refractivity contribution < 1.29 is 12.6 Å². The van der Waals surface area contributed by atoms with Gasteiger partial charge in [0.15, 0.2) is 8.24 Å². The van der Waals surface area contributed by atoms with E-state index in [2.05, 4.69) is 33.9 Å². The largest absolute Gasteiger partial charge is 0.261 e. The zero-order valence-corrected chi connectivity index (χ0v) is 18.0. The molecule has 0 aliphatic rings. The van der Waals surface area contributed by atoms with Gasteiger partial charge in [-0.05, 0) is 42.4 Å². The van der Waals surface area contributed by atoms with Crippen molar-refractivity contribution in [2.45, 2.75) is 48.7 Å². The van der Waals surface area contributed by atoms with Gasteiger partial charge in [0.1, 0.15) is 9.92 Å². The van der Waals surface area contributed by atoms with E-state index in [9.17, 15) is 12.6 Å². The van der Waals surface area contributed by atoms with Crippen LogP contribution in [0.1, 0.15) is 20.8 Å². The minimum Gasteiger partial charge on any atom is -0.261 e. The molecule has 0 saturated carbocycles. The van der Waals surface area contributed by atoms with Gasteiger partial charge in [-0.15, -0.1) is 0 Å². The number of benzene rings is 1. The fourth-order valence-electron chi connectivity index (χ4n) is 1.57. The standard InChI is InChI=1S/C14H25ClN2O3S2Si/c1-14(2,3)23(6,7)16-22(20,17(4)5)13-10-8-12(9-11-13)21(15,18)19/h8-11H,1-7H3. The van der Waals surface area contributed by atoms with Crippen LogP contribution >= 0.6 is 10.7 Å². The monoisotopic (exact) mass is 396 g/mol. The predicted octanol–water partition coefficient (Wildman–Crippen LogP) is 3.92. The molecule has 23 heavy (non-hydrogen) atoms. The Hall–Kier alpha value is -0.413. The van der Waals surface area contributed by atoms with Crippen LogP contribution in [0.2, 0.25) is 18.1 Å². The molecule has 0 radical (unpaired) electrons. The van der Waals surface area contributed by atoms with Gasteiger partial charge in [-0.2, -0.15) is 0 Å². The zero-order chi connectivity index (χ0) is 18.3. The normalized spacial score (nSPS) is 16.2. The van der Waals surface area contributed by atoms with Crippen molar-refractivity contribution in [3.05, 3.63) is 24.3 Å². The van der Waals surface area contributed by atoms with Crippen LogP contribution in [-0.4, -0.2) is 39.3 Å². The van der Waals surface area contributed by atoms with Crippen LogP contribution < -0.4 is 0 Å². The third-order valence-electron chi connectivity index (χ3n) is 4.09. The van der Waals surface area contributed by atoms with E-state index in [4.69, 9.17) is 14.7 Å². The van der Waals surface area contributed by atoms with Gasteiger partial charge >= 0.3 is 0 Å². The van der Waals surface area contributed by atoms with Crippen molar-refractivity contribution in [1.29, 1.82) is 0 Å². The Balaban J connectivity index is 3.57. The molecule has 0 bridgehead atoms. The molecule has 0 fully saturated rings. The van der Waals surface area contributed by atoms with Crippen molar-refractivity contribution >= 4 is 37.9 Å². The maximum atomic E-state index is 13.5. The highest BCUT2D eigenvalue weighted by atomic mass is 35.7. The Morgan fingerprint density at radius 1 is 1.00 bits per heavy atom. The molecular formula is C14H25ClN2O3S2Si. The summed E-state index contributed by atoms with van der Waals surface area (Å²) in [6, 6.07) is 5.77. The summed E-state index contributed by atoms with van der Waals surface area (Å²) in [4.78, 5) is 0.465. The molecule has 1 unspecified atom stereocenters. The second-order valence-electron chi connectivity index (χ2n) is 7.12. The van der Waals surface area contributed by atoms with Crippen LogP contribution in [0, 0.1) is 0 Å². The first-order valence-corrected chi connectivity index (χ1v) is 13.8. The lowest BCUT2D eigenvalue weighted by Gasteiger charge is -2.34. The summed E-state index contributed by atoms with van der Waals surface area (Å²) < 4.78 is 42.6. The van der Waals surface area contributed by atoms with E-state index in [0.717, 1.165) is 0 Å². The molecule has 0 heterocycles. The van der Waals surface area contributed by atoms with E-state index in [-0.39, 0.29) is 9.93 Å². The molecule has 0 aliphatic carbocycles. The van der Waals surface area contributed by atoms with Crippen LogP contribution in [0.3, 0.4) is 0 Å². The molecule has 0 aromatic heterocycles. The first kappa shape index (κ1) is 20.6. The van der Waals surface area contributed by atoms with Crippen LogP contribution in [0.4, 0.5) is 0 Å². The van der Waals surface area contributed by atoms with Crippen LogP contribution in [-0.2, 0) is 19.0 Å². The molecule has 9 heteroatoms. The summed E-state index contributed by atoms with van der Waals surface area (Å²) in [7, 11) is -0.0228. The van der Waals surface area contributed by atoms with E-state index in [1.165, 1.54) is 24.3 Å². The third-order valence-corrected chi connectivity index (χ3v) is 13.8. The zero-order valence-electron chi connectivity index (χ0n) is 14.6. The number of hydrogen-bond donors (Lipinski definition) is 0. The van der Waals surface area contributed by atoms with Crippen molar-refractivity contribution in [2.75, 3.05) is 14.1 Å². The van der Waals surface area contributed by atoms with Crippen LogP contribution in [0.5, 0.6) is 0 Å². The first-order valence-electron chi connectivity index (χ1n) is 7.12. The van der Waals surface area contributed by atoms with Gasteiger partial charge < -0.3 is 0 Å². The summed E-state index contributed by atoms with van der Waals surface area (Å²) in [6.07, 6.45) is 0. The van der Waals surface area contributed by atoms with E-state index in [1.54, 1.807) is 18.4 Å². The van der Waals surface area contributed by atoms with Gasteiger partial charge in [-0.1, -0.05) is 20.8 Å². The summed E-state index contributed by atoms with van der Waals surface area (Å²) in [5.74, 6) is 0. The molecule has 1 aromatic carbocycles. The van der Waals surface area contributed by atoms with Gasteiger partial charge in [-0.25, -0.2) is 16.9 Å². The van der Waals surface area contributed by atoms with Gasteiger partial charge in [0.05, 0.1) is 9.79 Å². The minimum absolute atomic E-state index is 0.0178. The molecule has 0 N–H and O–H groups in total. The highest BCUT2D eigenvalue weighted by molar-refractivity contribution is 8.13. The molecule has 1 aromatic rings. The fourth-order valence-corrected chi connectivity index (χ4v) is 7.90. The Kier molecular flexibility index (Phi) is 5.81. The van der Waals surface area contributed by atoms with E-state index in [1.807, 2.05) is 0 Å². The molecule has 0 amide bonds. The topological polar surface area (TPSA) is 66.8 Å².